The lowest BCUT2D eigenvalue weighted by atomic mass is 9.93. The monoisotopic (exact) mass is 354 g/mol. The van der Waals surface area contributed by atoms with Gasteiger partial charge >= 0.3 is 0 Å². The number of hydrogen-bond donors (Lipinski definition) is 0. The molecule has 2 fully saturated rings. The second kappa shape index (κ2) is 7.65. The summed E-state index contributed by atoms with van der Waals surface area (Å²) in [6, 6.07) is 6.94. The third-order valence-corrected chi connectivity index (χ3v) is 5.97. The van der Waals surface area contributed by atoms with E-state index >= 15 is 0 Å². The summed E-state index contributed by atoms with van der Waals surface area (Å²) in [7, 11) is 0. The van der Waals surface area contributed by atoms with Crippen molar-refractivity contribution in [2.45, 2.75) is 44.6 Å². The highest BCUT2D eigenvalue weighted by molar-refractivity contribution is 5.81. The van der Waals surface area contributed by atoms with Gasteiger partial charge in [0.15, 0.2) is 0 Å². The van der Waals surface area contributed by atoms with Crippen LogP contribution in [0.3, 0.4) is 0 Å². The predicted molar refractivity (Wildman–Crippen MR) is 103 cm³/mol. The minimum absolute atomic E-state index is 0.0501. The lowest BCUT2D eigenvalue weighted by molar-refractivity contribution is -0.136. The second-order valence-corrected chi connectivity index (χ2v) is 7.66. The number of rotatable bonds is 3. The number of allylic oxidation sites excluding steroid dienone is 3. The van der Waals surface area contributed by atoms with E-state index in [0.717, 1.165) is 63.8 Å². The Hall–Kier alpha value is -2.10. The number of nitrogens with zero attached hydrogens (tertiary/aromatic N) is 2. The molecule has 2 saturated heterocycles. The van der Waals surface area contributed by atoms with Crippen LogP contribution in [0.1, 0.15) is 38.5 Å². The largest absolute Gasteiger partial charge is 0.371 e. The Morgan fingerprint density at radius 3 is 2.65 bits per heavy atom. The SMILES string of the molecule is O=C(C1CCCN(c2ccc(F)cc2)C1)N1CCCC1C1=CC=CCC1. The van der Waals surface area contributed by atoms with Crippen molar-refractivity contribution in [1.29, 1.82) is 0 Å². The smallest absolute Gasteiger partial charge is 0.227 e. The highest BCUT2D eigenvalue weighted by Gasteiger charge is 2.36. The molecule has 138 valence electrons. The van der Waals surface area contributed by atoms with Gasteiger partial charge in [-0.3, -0.25) is 4.79 Å². The van der Waals surface area contributed by atoms with Gasteiger partial charge in [0, 0.05) is 25.3 Å². The zero-order chi connectivity index (χ0) is 17.9. The van der Waals surface area contributed by atoms with Crippen molar-refractivity contribution < 1.29 is 9.18 Å². The number of piperidine rings is 1. The molecule has 1 aromatic carbocycles. The molecule has 2 unspecified atom stereocenters. The van der Waals surface area contributed by atoms with Gasteiger partial charge < -0.3 is 9.80 Å². The Morgan fingerprint density at radius 2 is 1.88 bits per heavy atom. The van der Waals surface area contributed by atoms with Crippen LogP contribution in [0.4, 0.5) is 10.1 Å². The van der Waals surface area contributed by atoms with Gasteiger partial charge in [0.25, 0.3) is 0 Å². The fraction of sp³-hybridized carbons (Fsp3) is 0.500. The number of anilines is 1. The highest BCUT2D eigenvalue weighted by Crippen LogP contribution is 2.32. The summed E-state index contributed by atoms with van der Waals surface area (Å²) in [6.07, 6.45) is 12.9. The maximum absolute atomic E-state index is 13.3. The first kappa shape index (κ1) is 17.3. The molecule has 3 nitrogen and oxygen atoms in total. The van der Waals surface area contributed by atoms with E-state index < -0.39 is 0 Å². The van der Waals surface area contributed by atoms with Gasteiger partial charge in [0.2, 0.25) is 5.91 Å². The molecule has 1 amide bonds. The maximum Gasteiger partial charge on any atom is 0.227 e. The van der Waals surface area contributed by atoms with Crippen molar-refractivity contribution in [2.24, 2.45) is 5.92 Å². The van der Waals surface area contributed by atoms with Gasteiger partial charge in [0.1, 0.15) is 5.82 Å². The molecule has 2 heterocycles. The summed E-state index contributed by atoms with van der Waals surface area (Å²) >= 11 is 0. The number of carbonyl (C=O) groups excluding carboxylic acids is 1. The van der Waals surface area contributed by atoms with Crippen molar-refractivity contribution in [3.05, 3.63) is 53.9 Å². The number of hydrogen-bond acceptors (Lipinski definition) is 2. The van der Waals surface area contributed by atoms with Gasteiger partial charge in [-0.1, -0.05) is 18.2 Å². The molecule has 4 heteroatoms. The normalized spacial score (nSPS) is 26.1. The van der Waals surface area contributed by atoms with Crippen molar-refractivity contribution in [1.82, 2.24) is 4.90 Å². The van der Waals surface area contributed by atoms with Gasteiger partial charge in [-0.2, -0.15) is 0 Å². The van der Waals surface area contributed by atoms with Crippen LogP contribution in [0.15, 0.2) is 48.1 Å². The Labute approximate surface area is 155 Å². The van der Waals surface area contributed by atoms with Gasteiger partial charge in [-0.15, -0.1) is 0 Å². The van der Waals surface area contributed by atoms with Crippen LogP contribution >= 0.6 is 0 Å². The molecule has 0 saturated carbocycles. The molecular weight excluding hydrogens is 327 g/mol. The van der Waals surface area contributed by atoms with E-state index in [-0.39, 0.29) is 11.7 Å². The average Bonchev–Trinajstić information content (AvgIpc) is 3.18. The Morgan fingerprint density at radius 1 is 1.08 bits per heavy atom. The molecule has 0 N–H and O–H groups in total. The Bertz CT molecular complexity index is 709. The minimum Gasteiger partial charge on any atom is -0.371 e. The minimum atomic E-state index is -0.215. The zero-order valence-corrected chi connectivity index (χ0v) is 15.2. The molecule has 3 aliphatic rings. The number of likely N-dealkylation sites (tertiary alicyclic amines) is 1. The van der Waals surface area contributed by atoms with E-state index in [1.54, 1.807) is 0 Å². The van der Waals surface area contributed by atoms with Crippen LogP contribution in [0.25, 0.3) is 0 Å². The summed E-state index contributed by atoms with van der Waals surface area (Å²) in [4.78, 5) is 17.7. The molecular formula is C22H27FN2O. The lowest BCUT2D eigenvalue weighted by Gasteiger charge is -2.37. The van der Waals surface area contributed by atoms with Crippen LogP contribution in [-0.2, 0) is 4.79 Å². The quantitative estimate of drug-likeness (QED) is 0.807. The predicted octanol–water partition coefficient (Wildman–Crippen LogP) is 4.31. The van der Waals surface area contributed by atoms with Crippen molar-refractivity contribution >= 4 is 11.6 Å². The van der Waals surface area contributed by atoms with Gasteiger partial charge in [-0.25, -0.2) is 4.39 Å². The van der Waals surface area contributed by atoms with Crippen LogP contribution in [0.5, 0.6) is 0 Å². The molecule has 0 aromatic heterocycles. The standard InChI is InChI=1S/C22H27FN2O/c23-19-10-12-20(13-11-19)24-14-4-8-18(16-24)22(26)25-15-5-9-21(25)17-6-2-1-3-7-17/h1-2,6,10-13,18,21H,3-5,7-9,14-16H2. The van der Waals surface area contributed by atoms with Crippen LogP contribution in [0, 0.1) is 11.7 Å². The molecule has 2 atom stereocenters. The number of carbonyl (C=O) groups is 1. The number of amides is 1. The Kier molecular flexibility index (Phi) is 5.09. The number of benzene rings is 1. The fourth-order valence-electron chi connectivity index (χ4n) is 4.61. The molecule has 0 bridgehead atoms. The van der Waals surface area contributed by atoms with E-state index in [1.165, 1.54) is 17.7 Å². The fourth-order valence-corrected chi connectivity index (χ4v) is 4.61. The number of halogens is 1. The van der Waals surface area contributed by atoms with Gasteiger partial charge in [0.05, 0.1) is 12.0 Å². The zero-order valence-electron chi connectivity index (χ0n) is 15.2. The average molecular weight is 354 g/mol. The summed E-state index contributed by atoms with van der Waals surface area (Å²) < 4.78 is 13.2. The Balaban J connectivity index is 1.46. The third kappa shape index (κ3) is 3.55. The molecule has 0 spiro atoms. The first-order valence-electron chi connectivity index (χ1n) is 9.89. The van der Waals surface area contributed by atoms with Gasteiger partial charge in [-0.05, 0) is 68.4 Å². The molecule has 4 rings (SSSR count). The van der Waals surface area contributed by atoms with Crippen LogP contribution < -0.4 is 4.90 Å². The summed E-state index contributed by atoms with van der Waals surface area (Å²) in [5.74, 6) is 0.150. The highest BCUT2D eigenvalue weighted by atomic mass is 19.1. The first-order chi connectivity index (χ1) is 12.7. The van der Waals surface area contributed by atoms with E-state index in [2.05, 4.69) is 28.0 Å². The van der Waals surface area contributed by atoms with Crippen LogP contribution in [-0.4, -0.2) is 36.5 Å². The lowest BCUT2D eigenvalue weighted by Crippen LogP contribution is -2.47. The first-order valence-corrected chi connectivity index (χ1v) is 9.89. The molecule has 1 aromatic rings. The van der Waals surface area contributed by atoms with Crippen molar-refractivity contribution in [2.75, 3.05) is 24.5 Å². The topological polar surface area (TPSA) is 23.6 Å². The van der Waals surface area contributed by atoms with E-state index in [1.807, 2.05) is 12.1 Å². The summed E-state index contributed by atoms with van der Waals surface area (Å²) in [6.45, 7) is 2.57. The van der Waals surface area contributed by atoms with E-state index in [9.17, 15) is 9.18 Å². The van der Waals surface area contributed by atoms with E-state index in [4.69, 9.17) is 0 Å². The van der Waals surface area contributed by atoms with Crippen LogP contribution in [0.2, 0.25) is 0 Å². The molecule has 1 aliphatic carbocycles. The van der Waals surface area contributed by atoms with E-state index in [0.29, 0.717) is 11.9 Å². The van der Waals surface area contributed by atoms with Crippen molar-refractivity contribution in [3.63, 3.8) is 0 Å². The van der Waals surface area contributed by atoms with Crippen molar-refractivity contribution in [3.8, 4) is 0 Å². The second-order valence-electron chi connectivity index (χ2n) is 7.66. The summed E-state index contributed by atoms with van der Waals surface area (Å²) in [5, 5.41) is 0. The molecule has 2 aliphatic heterocycles. The molecule has 0 radical (unpaired) electrons. The maximum atomic E-state index is 13.3. The summed E-state index contributed by atoms with van der Waals surface area (Å²) in [5.41, 5.74) is 2.44. The third-order valence-electron chi connectivity index (χ3n) is 5.97. The molecule has 26 heavy (non-hydrogen) atoms.